The van der Waals surface area contributed by atoms with E-state index in [0.717, 1.165) is 41.4 Å². The number of benzene rings is 3. The number of urea groups is 1. The van der Waals surface area contributed by atoms with Crippen LogP contribution in [0.4, 0.5) is 35.0 Å². The van der Waals surface area contributed by atoms with Crippen LogP contribution in [-0.4, -0.2) is 12.6 Å². The van der Waals surface area contributed by atoms with Crippen LogP contribution in [0.5, 0.6) is 0 Å². The number of nitrogens with zero attached hydrogens (tertiary/aromatic N) is 1. The van der Waals surface area contributed by atoms with Crippen LogP contribution in [0.15, 0.2) is 103 Å². The lowest BCUT2D eigenvalue weighted by Gasteiger charge is -2.29. The van der Waals surface area contributed by atoms with Crippen LogP contribution in [0.25, 0.3) is 6.08 Å². The number of carbonyl (C=O) groups excluding carboxylic acids is 1. The molecule has 3 aromatic rings. The second-order valence-electron chi connectivity index (χ2n) is 9.30. The van der Waals surface area contributed by atoms with Gasteiger partial charge in [0.25, 0.3) is 0 Å². The maximum Gasteiger partial charge on any atom is 0.416 e. The highest BCUT2D eigenvalue weighted by Crippen LogP contribution is 2.41. The van der Waals surface area contributed by atoms with Crippen molar-refractivity contribution in [2.45, 2.75) is 18.5 Å². The van der Waals surface area contributed by atoms with E-state index in [9.17, 15) is 18.0 Å². The minimum Gasteiger partial charge on any atom is -0.344 e. The lowest BCUT2D eigenvalue weighted by Crippen LogP contribution is -2.24. The van der Waals surface area contributed by atoms with Gasteiger partial charge in [0.1, 0.15) is 0 Å². The molecule has 39 heavy (non-hydrogen) atoms. The first-order valence-electron chi connectivity index (χ1n) is 12.3. The summed E-state index contributed by atoms with van der Waals surface area (Å²) < 4.78 is 39.4. The molecule has 1 atom stereocenters. The van der Waals surface area contributed by atoms with Crippen molar-refractivity contribution in [3.05, 3.63) is 131 Å². The number of fused-ring (bicyclic) bond motifs is 1. The number of hydrogen-bond donors (Lipinski definition) is 2. The quantitative estimate of drug-likeness (QED) is 0.302. The number of hydrogen-bond acceptors (Lipinski definition) is 2. The number of rotatable bonds is 6. The third kappa shape index (κ3) is 5.78. The minimum absolute atomic E-state index is 0.000798. The van der Waals surface area contributed by atoms with Crippen molar-refractivity contribution in [1.29, 1.82) is 0 Å². The van der Waals surface area contributed by atoms with Crippen LogP contribution in [0.3, 0.4) is 0 Å². The van der Waals surface area contributed by atoms with Crippen LogP contribution < -0.4 is 15.5 Å². The fourth-order valence-electron chi connectivity index (χ4n) is 4.83. The fraction of sp³-hybridized carbons (Fsp3) is 0.129. The molecule has 1 aliphatic carbocycles. The highest BCUT2D eigenvalue weighted by Gasteiger charge is 2.31. The Morgan fingerprint density at radius 3 is 2.69 bits per heavy atom. The van der Waals surface area contributed by atoms with Gasteiger partial charge in [-0.25, -0.2) is 4.79 Å². The Hall–Kier alpha value is -4.23. The van der Waals surface area contributed by atoms with E-state index in [2.05, 4.69) is 52.5 Å². The van der Waals surface area contributed by atoms with Crippen LogP contribution in [-0.2, 0) is 6.18 Å². The molecule has 0 fully saturated rings. The van der Waals surface area contributed by atoms with Gasteiger partial charge < -0.3 is 15.5 Å². The van der Waals surface area contributed by atoms with Crippen LogP contribution in [0.2, 0.25) is 5.02 Å². The molecule has 2 N–H and O–H groups in total. The smallest absolute Gasteiger partial charge is 0.344 e. The SMILES string of the molecule is C=CCC1=CC=CN(c2cc(NC(=O)Nc3cc(C(F)(F)F)ccc3Cl)ccc2C2C=Cc3ccccc32)C1. The van der Waals surface area contributed by atoms with E-state index < -0.39 is 17.8 Å². The molecular formula is C31H25ClF3N3O. The van der Waals surface area contributed by atoms with E-state index in [0.29, 0.717) is 12.2 Å². The summed E-state index contributed by atoms with van der Waals surface area (Å²) in [7, 11) is 0. The average molecular weight is 548 g/mol. The zero-order valence-corrected chi connectivity index (χ0v) is 21.6. The molecular weight excluding hydrogens is 523 g/mol. The Balaban J connectivity index is 1.44. The lowest BCUT2D eigenvalue weighted by molar-refractivity contribution is -0.137. The summed E-state index contributed by atoms with van der Waals surface area (Å²) in [5, 5.41) is 5.18. The molecule has 8 heteroatoms. The third-order valence-corrected chi connectivity index (χ3v) is 6.98. The number of carbonyl (C=O) groups is 1. The average Bonchev–Trinajstić information content (AvgIpc) is 3.34. The van der Waals surface area contributed by atoms with Gasteiger partial charge in [-0.1, -0.05) is 66.2 Å². The molecule has 0 radical (unpaired) electrons. The van der Waals surface area contributed by atoms with Gasteiger partial charge in [0.15, 0.2) is 0 Å². The molecule has 0 spiro atoms. The van der Waals surface area contributed by atoms with Crippen molar-refractivity contribution < 1.29 is 18.0 Å². The molecule has 1 unspecified atom stereocenters. The molecule has 3 aromatic carbocycles. The van der Waals surface area contributed by atoms with E-state index in [1.807, 2.05) is 42.6 Å². The second kappa shape index (κ2) is 10.9. The standard InChI is InChI=1S/C31H25ClF3N3O/c1-2-6-20-7-5-16-38(19-20)29-18-23(12-14-26(29)25-13-10-21-8-3-4-9-24(21)25)36-30(39)37-28-17-22(31(33,34)35)11-15-27(28)32/h2-5,7-18,25H,1,6,19H2,(H2,36,37,39). The van der Waals surface area contributed by atoms with E-state index in [1.54, 1.807) is 6.07 Å². The first-order valence-corrected chi connectivity index (χ1v) is 12.7. The van der Waals surface area contributed by atoms with E-state index in [4.69, 9.17) is 11.6 Å². The molecule has 4 nitrogen and oxygen atoms in total. The Morgan fingerprint density at radius 2 is 1.90 bits per heavy atom. The van der Waals surface area contributed by atoms with Crippen molar-refractivity contribution in [3.8, 4) is 0 Å². The van der Waals surface area contributed by atoms with Crippen molar-refractivity contribution in [3.63, 3.8) is 0 Å². The summed E-state index contributed by atoms with van der Waals surface area (Å²) in [6.07, 6.45) is 8.36. The summed E-state index contributed by atoms with van der Waals surface area (Å²) in [6, 6.07) is 15.9. The van der Waals surface area contributed by atoms with Gasteiger partial charge in [0, 0.05) is 30.0 Å². The molecule has 2 aliphatic rings. The summed E-state index contributed by atoms with van der Waals surface area (Å²) in [5.41, 5.74) is 4.96. The van der Waals surface area contributed by atoms with Crippen molar-refractivity contribution in [1.82, 2.24) is 0 Å². The fourth-order valence-corrected chi connectivity index (χ4v) is 4.99. The number of amides is 2. The molecule has 0 saturated carbocycles. The van der Waals surface area contributed by atoms with Gasteiger partial charge in [-0.3, -0.25) is 0 Å². The summed E-state index contributed by atoms with van der Waals surface area (Å²) >= 11 is 6.05. The number of alkyl halides is 3. The number of nitrogens with one attached hydrogen (secondary N) is 2. The number of allylic oxidation sites excluding steroid dienone is 4. The van der Waals surface area contributed by atoms with Crippen molar-refractivity contribution in [2.24, 2.45) is 0 Å². The highest BCUT2D eigenvalue weighted by atomic mass is 35.5. The predicted molar refractivity (Wildman–Crippen MR) is 152 cm³/mol. The zero-order valence-electron chi connectivity index (χ0n) is 20.8. The van der Waals surface area contributed by atoms with Gasteiger partial charge in [0.2, 0.25) is 0 Å². The topological polar surface area (TPSA) is 44.4 Å². The molecule has 2 amide bonds. The highest BCUT2D eigenvalue weighted by molar-refractivity contribution is 6.33. The summed E-state index contributed by atoms with van der Waals surface area (Å²) in [6.45, 7) is 4.50. The maximum atomic E-state index is 13.1. The molecule has 0 saturated heterocycles. The molecule has 5 rings (SSSR count). The lowest BCUT2D eigenvalue weighted by atomic mass is 9.91. The molecule has 198 valence electrons. The summed E-state index contributed by atoms with van der Waals surface area (Å²) in [4.78, 5) is 14.9. The Kier molecular flexibility index (Phi) is 7.35. The maximum absolute atomic E-state index is 13.1. The van der Waals surface area contributed by atoms with Gasteiger partial charge >= 0.3 is 12.2 Å². The van der Waals surface area contributed by atoms with Crippen LogP contribution >= 0.6 is 11.6 Å². The van der Waals surface area contributed by atoms with E-state index >= 15 is 0 Å². The first kappa shape index (κ1) is 26.4. The largest absolute Gasteiger partial charge is 0.416 e. The van der Waals surface area contributed by atoms with Crippen LogP contribution in [0, 0.1) is 0 Å². The number of anilines is 3. The van der Waals surface area contributed by atoms with Crippen LogP contribution in [0.1, 0.15) is 34.6 Å². The monoisotopic (exact) mass is 547 g/mol. The van der Waals surface area contributed by atoms with Gasteiger partial charge in [-0.05, 0) is 65.1 Å². The molecule has 0 aromatic heterocycles. The molecule has 1 aliphatic heterocycles. The van der Waals surface area contributed by atoms with E-state index in [1.165, 1.54) is 11.1 Å². The summed E-state index contributed by atoms with van der Waals surface area (Å²) in [5.74, 6) is 0.0325. The Bertz CT molecular complexity index is 1520. The molecule has 0 bridgehead atoms. The third-order valence-electron chi connectivity index (χ3n) is 6.65. The number of halogens is 4. The normalized spacial score (nSPS) is 16.1. The first-order chi connectivity index (χ1) is 18.7. The minimum atomic E-state index is -4.56. The Labute approximate surface area is 229 Å². The second-order valence-corrected chi connectivity index (χ2v) is 9.71. The Morgan fingerprint density at radius 1 is 1.08 bits per heavy atom. The van der Waals surface area contributed by atoms with Crippen molar-refractivity contribution >= 4 is 40.8 Å². The van der Waals surface area contributed by atoms with Gasteiger partial charge in [0.05, 0.1) is 16.3 Å². The van der Waals surface area contributed by atoms with Gasteiger partial charge in [-0.2, -0.15) is 13.2 Å². The predicted octanol–water partition coefficient (Wildman–Crippen LogP) is 9.00. The van der Waals surface area contributed by atoms with E-state index in [-0.39, 0.29) is 16.6 Å². The molecule has 1 heterocycles. The van der Waals surface area contributed by atoms with Crippen molar-refractivity contribution in [2.75, 3.05) is 22.1 Å². The van der Waals surface area contributed by atoms with Gasteiger partial charge in [-0.15, -0.1) is 6.58 Å². The zero-order chi connectivity index (χ0) is 27.6.